The first kappa shape index (κ1) is 14.8. The number of benzene rings is 2. The first-order valence-electron chi connectivity index (χ1n) is 6.51. The molecular formula is C16H9F2NO4. The van der Waals surface area contributed by atoms with Crippen LogP contribution in [-0.4, -0.2) is 24.9 Å². The summed E-state index contributed by atoms with van der Waals surface area (Å²) in [6, 6.07) is 7.71. The van der Waals surface area contributed by atoms with Crippen LogP contribution in [0.1, 0.15) is 31.1 Å². The molecule has 1 aliphatic heterocycles. The molecular weight excluding hydrogens is 308 g/mol. The van der Waals surface area contributed by atoms with Gasteiger partial charge in [0.2, 0.25) is 0 Å². The number of hydrogen-bond donors (Lipinski definition) is 0. The third-order valence-electron chi connectivity index (χ3n) is 3.50. The van der Waals surface area contributed by atoms with Gasteiger partial charge in [0.05, 0.1) is 23.9 Å². The van der Waals surface area contributed by atoms with Crippen molar-refractivity contribution in [1.82, 2.24) is 0 Å². The fraction of sp³-hybridized carbons (Fsp3) is 0.0625. The van der Waals surface area contributed by atoms with E-state index >= 15 is 0 Å². The van der Waals surface area contributed by atoms with Gasteiger partial charge in [-0.3, -0.25) is 9.59 Å². The second kappa shape index (κ2) is 5.28. The zero-order valence-corrected chi connectivity index (χ0v) is 11.8. The molecule has 3 rings (SSSR count). The molecule has 0 saturated heterocycles. The van der Waals surface area contributed by atoms with Gasteiger partial charge in [0.15, 0.2) is 5.82 Å². The molecule has 0 radical (unpaired) electrons. The van der Waals surface area contributed by atoms with Crippen LogP contribution in [0.2, 0.25) is 0 Å². The van der Waals surface area contributed by atoms with Gasteiger partial charge >= 0.3 is 5.97 Å². The molecule has 0 unspecified atom stereocenters. The Morgan fingerprint density at radius 2 is 1.57 bits per heavy atom. The molecule has 23 heavy (non-hydrogen) atoms. The lowest BCUT2D eigenvalue weighted by Crippen LogP contribution is -2.31. The van der Waals surface area contributed by atoms with E-state index in [0.29, 0.717) is 4.90 Å². The Hall–Kier alpha value is -3.09. The first-order valence-corrected chi connectivity index (χ1v) is 6.51. The fourth-order valence-corrected chi connectivity index (χ4v) is 2.41. The Bertz CT molecular complexity index is 828. The molecule has 0 spiro atoms. The van der Waals surface area contributed by atoms with Crippen molar-refractivity contribution in [3.8, 4) is 0 Å². The lowest BCUT2D eigenvalue weighted by molar-refractivity contribution is 0.0589. The normalized spacial score (nSPS) is 13.3. The number of fused-ring (bicyclic) bond motifs is 1. The zero-order valence-electron chi connectivity index (χ0n) is 11.8. The summed E-state index contributed by atoms with van der Waals surface area (Å²) in [4.78, 5) is 36.7. The third kappa shape index (κ3) is 2.09. The molecule has 0 N–H and O–H groups in total. The third-order valence-corrected chi connectivity index (χ3v) is 3.50. The highest BCUT2D eigenvalue weighted by atomic mass is 19.1. The summed E-state index contributed by atoms with van der Waals surface area (Å²) in [7, 11) is 0.968. The van der Waals surface area contributed by atoms with Crippen LogP contribution in [0.4, 0.5) is 14.5 Å². The molecule has 1 heterocycles. The van der Waals surface area contributed by atoms with Crippen LogP contribution >= 0.6 is 0 Å². The maximum Gasteiger partial charge on any atom is 0.343 e. The maximum atomic E-state index is 14.5. The molecule has 7 heteroatoms. The van der Waals surface area contributed by atoms with Crippen LogP contribution in [0.15, 0.2) is 36.4 Å². The predicted octanol–water partition coefficient (Wildman–Crippen LogP) is 2.55. The van der Waals surface area contributed by atoms with Crippen LogP contribution in [0.5, 0.6) is 0 Å². The van der Waals surface area contributed by atoms with E-state index in [9.17, 15) is 23.2 Å². The zero-order chi connectivity index (χ0) is 16.7. The van der Waals surface area contributed by atoms with E-state index in [0.717, 1.165) is 19.2 Å². The Labute approximate surface area is 129 Å². The van der Waals surface area contributed by atoms with Crippen molar-refractivity contribution >= 4 is 23.5 Å². The molecule has 0 saturated carbocycles. The van der Waals surface area contributed by atoms with E-state index in [1.165, 1.54) is 12.1 Å². The largest absolute Gasteiger partial charge is 0.465 e. The van der Waals surface area contributed by atoms with E-state index in [4.69, 9.17) is 0 Å². The number of methoxy groups -OCH3 is 1. The molecule has 1 aliphatic rings. The second-order valence-electron chi connectivity index (χ2n) is 4.74. The molecule has 0 atom stereocenters. The second-order valence-corrected chi connectivity index (χ2v) is 4.74. The Kier molecular flexibility index (Phi) is 3.40. The number of carbonyl (C=O) groups excluding carboxylic acids is 3. The van der Waals surface area contributed by atoms with E-state index in [-0.39, 0.29) is 11.1 Å². The van der Waals surface area contributed by atoms with Gasteiger partial charge in [0.1, 0.15) is 11.4 Å². The minimum atomic E-state index is -1.33. The molecule has 0 bridgehead atoms. The summed E-state index contributed by atoms with van der Waals surface area (Å²) in [5.41, 5.74) is -1.23. The van der Waals surface area contributed by atoms with Gasteiger partial charge in [-0.25, -0.2) is 18.5 Å². The monoisotopic (exact) mass is 317 g/mol. The lowest BCUT2D eigenvalue weighted by Gasteiger charge is -2.16. The summed E-state index contributed by atoms with van der Waals surface area (Å²) < 4.78 is 32.5. The average Bonchev–Trinajstić information content (AvgIpc) is 2.80. The van der Waals surface area contributed by atoms with Crippen LogP contribution < -0.4 is 4.90 Å². The van der Waals surface area contributed by atoms with Crippen molar-refractivity contribution in [2.24, 2.45) is 0 Å². The maximum absolute atomic E-state index is 14.5. The Morgan fingerprint density at radius 1 is 1.00 bits per heavy atom. The number of anilines is 1. The standard InChI is InChI=1S/C16H9F2NO4/c1-23-16(22)12-10(17)6-7-11(13(12)18)19-14(20)8-4-2-3-5-9(8)15(19)21/h2-7H,1H3. The molecule has 2 amide bonds. The number of nitrogens with zero attached hydrogens (tertiary/aromatic N) is 1. The Balaban J connectivity index is 2.16. The highest BCUT2D eigenvalue weighted by molar-refractivity contribution is 6.34. The van der Waals surface area contributed by atoms with Gasteiger partial charge in [0, 0.05) is 0 Å². The van der Waals surface area contributed by atoms with Crippen LogP contribution in [0, 0.1) is 11.6 Å². The number of rotatable bonds is 2. The predicted molar refractivity (Wildman–Crippen MR) is 75.3 cm³/mol. The topological polar surface area (TPSA) is 63.7 Å². The Morgan fingerprint density at radius 3 is 2.09 bits per heavy atom. The smallest absolute Gasteiger partial charge is 0.343 e. The van der Waals surface area contributed by atoms with E-state index < -0.39 is 40.7 Å². The first-order chi connectivity index (χ1) is 11.0. The number of esters is 1. The minimum absolute atomic E-state index is 0.112. The van der Waals surface area contributed by atoms with Crippen LogP contribution in [0.3, 0.4) is 0 Å². The van der Waals surface area contributed by atoms with E-state index in [1.54, 1.807) is 12.1 Å². The van der Waals surface area contributed by atoms with Crippen molar-refractivity contribution in [1.29, 1.82) is 0 Å². The molecule has 0 aromatic heterocycles. The molecule has 116 valence electrons. The molecule has 5 nitrogen and oxygen atoms in total. The summed E-state index contributed by atoms with van der Waals surface area (Å²) >= 11 is 0. The van der Waals surface area contributed by atoms with Crippen molar-refractivity contribution < 1.29 is 27.9 Å². The van der Waals surface area contributed by atoms with Gasteiger partial charge in [0.25, 0.3) is 11.8 Å². The molecule has 0 aliphatic carbocycles. The van der Waals surface area contributed by atoms with Crippen LogP contribution in [0.25, 0.3) is 0 Å². The average molecular weight is 317 g/mol. The summed E-state index contributed by atoms with van der Waals surface area (Å²) in [5.74, 6) is -5.20. The van der Waals surface area contributed by atoms with Gasteiger partial charge in [-0.15, -0.1) is 0 Å². The SMILES string of the molecule is COC(=O)c1c(F)ccc(N2C(=O)c3ccccc3C2=O)c1F. The molecule has 2 aromatic rings. The quantitative estimate of drug-likeness (QED) is 0.631. The number of halogens is 2. The molecule has 2 aromatic carbocycles. The summed E-state index contributed by atoms with van der Waals surface area (Å²) in [5, 5.41) is 0. The van der Waals surface area contributed by atoms with E-state index in [2.05, 4.69) is 4.74 Å². The lowest BCUT2D eigenvalue weighted by atomic mass is 10.1. The van der Waals surface area contributed by atoms with Gasteiger partial charge in [-0.2, -0.15) is 0 Å². The minimum Gasteiger partial charge on any atom is -0.465 e. The van der Waals surface area contributed by atoms with Crippen LogP contribution in [-0.2, 0) is 4.74 Å². The number of imide groups is 1. The number of ether oxygens (including phenoxy) is 1. The van der Waals surface area contributed by atoms with Crippen molar-refractivity contribution in [2.75, 3.05) is 12.0 Å². The van der Waals surface area contributed by atoms with E-state index in [1.807, 2.05) is 0 Å². The van der Waals surface area contributed by atoms with Crippen molar-refractivity contribution in [3.63, 3.8) is 0 Å². The number of carbonyl (C=O) groups is 3. The van der Waals surface area contributed by atoms with Crippen molar-refractivity contribution in [3.05, 3.63) is 64.7 Å². The fourth-order valence-electron chi connectivity index (χ4n) is 2.41. The van der Waals surface area contributed by atoms with Crippen molar-refractivity contribution in [2.45, 2.75) is 0 Å². The van der Waals surface area contributed by atoms with Gasteiger partial charge in [-0.1, -0.05) is 12.1 Å². The highest BCUT2D eigenvalue weighted by Gasteiger charge is 2.39. The summed E-state index contributed by atoms with van der Waals surface area (Å²) in [6.45, 7) is 0. The number of amides is 2. The van der Waals surface area contributed by atoms with Gasteiger partial charge < -0.3 is 4.74 Å². The highest BCUT2D eigenvalue weighted by Crippen LogP contribution is 2.32. The molecule has 0 fully saturated rings. The van der Waals surface area contributed by atoms with Gasteiger partial charge in [-0.05, 0) is 24.3 Å². The number of hydrogen-bond acceptors (Lipinski definition) is 4. The summed E-state index contributed by atoms with van der Waals surface area (Å²) in [6.07, 6.45) is 0.